The smallest absolute Gasteiger partial charge is 0.270 e. The predicted molar refractivity (Wildman–Crippen MR) is 151 cm³/mol. The number of para-hydroxylation sites is 1. The van der Waals surface area contributed by atoms with E-state index >= 15 is 0 Å². The summed E-state index contributed by atoms with van der Waals surface area (Å²) in [6, 6.07) is 8.34. The molecule has 218 valence electrons. The number of likely N-dealkylation sites (tertiary alicyclic amines) is 1. The molecule has 1 aliphatic rings. The van der Waals surface area contributed by atoms with Crippen LogP contribution < -0.4 is 10.6 Å². The molecule has 1 saturated heterocycles. The first-order valence-electron chi connectivity index (χ1n) is 13.2. The third kappa shape index (κ3) is 7.72. The summed E-state index contributed by atoms with van der Waals surface area (Å²) in [4.78, 5) is 46.4. The maximum absolute atomic E-state index is 13.9. The first-order valence-corrected chi connectivity index (χ1v) is 15.2. The molecule has 14 heteroatoms. The average molecular weight is 583 g/mol. The van der Waals surface area contributed by atoms with Crippen LogP contribution in [0.1, 0.15) is 49.9 Å². The standard InChI is InChI=1S/C27H34N8O5S/c1-27(2,3)23(30-24(36)20-12-11-17-8-5-6-9-19(17)29-20)26(38)35-14-7-10-21(35)25(37)28-18(13-15-41(4,39)40)16-22-31-33-34-32-22/h5-6,8-9,11-13,15,18,21,23H,7,10,14,16H2,1-4H3,(H,28,37)(H,30,36)(H,31,32,33,34)/b15-13+/t18-,21-,23+/m1/s1. The van der Waals surface area contributed by atoms with Crippen LogP contribution in [-0.2, 0) is 25.8 Å². The molecule has 3 heterocycles. The highest BCUT2D eigenvalue weighted by Crippen LogP contribution is 2.26. The Hall–Kier alpha value is -4.20. The van der Waals surface area contributed by atoms with Crippen molar-refractivity contribution in [1.29, 1.82) is 0 Å². The predicted octanol–water partition coefficient (Wildman–Crippen LogP) is 1.17. The molecule has 1 fully saturated rings. The number of rotatable bonds is 9. The number of amides is 3. The number of pyridine rings is 1. The summed E-state index contributed by atoms with van der Waals surface area (Å²) in [6.07, 6.45) is 3.49. The summed E-state index contributed by atoms with van der Waals surface area (Å²) >= 11 is 0. The Morgan fingerprint density at radius 3 is 2.59 bits per heavy atom. The number of aromatic amines is 1. The highest BCUT2D eigenvalue weighted by Gasteiger charge is 2.42. The van der Waals surface area contributed by atoms with E-state index in [9.17, 15) is 22.8 Å². The molecule has 3 amide bonds. The van der Waals surface area contributed by atoms with Gasteiger partial charge in [0.25, 0.3) is 5.91 Å². The third-order valence-electron chi connectivity index (χ3n) is 6.74. The molecule has 0 saturated carbocycles. The van der Waals surface area contributed by atoms with Gasteiger partial charge >= 0.3 is 0 Å². The number of fused-ring (bicyclic) bond motifs is 1. The summed E-state index contributed by atoms with van der Waals surface area (Å²) in [5.41, 5.74) is 0.172. The van der Waals surface area contributed by atoms with Gasteiger partial charge in [-0.15, -0.1) is 10.2 Å². The molecule has 0 spiro atoms. The van der Waals surface area contributed by atoms with Crippen LogP contribution in [0.25, 0.3) is 10.9 Å². The van der Waals surface area contributed by atoms with Crippen LogP contribution in [0, 0.1) is 5.41 Å². The van der Waals surface area contributed by atoms with E-state index in [1.54, 1.807) is 12.1 Å². The van der Waals surface area contributed by atoms with Crippen molar-refractivity contribution in [2.24, 2.45) is 5.41 Å². The topological polar surface area (TPSA) is 180 Å². The fourth-order valence-corrected chi connectivity index (χ4v) is 5.14. The quantitative estimate of drug-likeness (QED) is 0.334. The maximum Gasteiger partial charge on any atom is 0.270 e. The summed E-state index contributed by atoms with van der Waals surface area (Å²) < 4.78 is 23.4. The largest absolute Gasteiger partial charge is 0.348 e. The number of carbonyl (C=O) groups excluding carboxylic acids is 3. The molecule has 3 aromatic rings. The molecule has 3 atom stereocenters. The van der Waals surface area contributed by atoms with E-state index in [1.807, 2.05) is 45.0 Å². The van der Waals surface area contributed by atoms with Crippen molar-refractivity contribution in [3.05, 3.63) is 59.4 Å². The van der Waals surface area contributed by atoms with Gasteiger partial charge in [-0.1, -0.05) is 56.3 Å². The molecular formula is C27H34N8O5S. The van der Waals surface area contributed by atoms with Crippen LogP contribution in [0.4, 0.5) is 0 Å². The van der Waals surface area contributed by atoms with Gasteiger partial charge in [-0.25, -0.2) is 13.4 Å². The number of sulfone groups is 1. The second-order valence-corrected chi connectivity index (χ2v) is 13.1. The SMILES string of the molecule is CC(C)(C)[C@@H](NC(=O)c1ccc2ccccc2n1)C(=O)N1CCC[C@@H]1C(=O)N[C@H](/C=C/S(C)(=O)=O)Cc1nn[nH]n1. The highest BCUT2D eigenvalue weighted by molar-refractivity contribution is 7.93. The van der Waals surface area contributed by atoms with Crippen molar-refractivity contribution in [2.45, 2.75) is 58.2 Å². The van der Waals surface area contributed by atoms with Gasteiger partial charge in [0.2, 0.25) is 11.8 Å². The number of nitrogens with zero attached hydrogens (tertiary/aromatic N) is 5. The minimum Gasteiger partial charge on any atom is -0.348 e. The van der Waals surface area contributed by atoms with Gasteiger partial charge in [0.1, 0.15) is 17.8 Å². The van der Waals surface area contributed by atoms with Crippen molar-refractivity contribution in [3.8, 4) is 0 Å². The lowest BCUT2D eigenvalue weighted by Gasteiger charge is -2.35. The van der Waals surface area contributed by atoms with Crippen LogP contribution in [0.3, 0.4) is 0 Å². The molecule has 4 rings (SSSR count). The van der Waals surface area contributed by atoms with Gasteiger partial charge in [0.15, 0.2) is 15.7 Å². The Labute approximate surface area is 238 Å². The lowest BCUT2D eigenvalue weighted by Crippen LogP contribution is -2.58. The maximum atomic E-state index is 13.9. The first-order chi connectivity index (χ1) is 19.3. The molecule has 1 aromatic carbocycles. The number of carbonyl (C=O) groups is 3. The molecule has 13 nitrogen and oxygen atoms in total. The number of tetrazole rings is 1. The van der Waals surface area contributed by atoms with E-state index in [-0.39, 0.29) is 23.8 Å². The lowest BCUT2D eigenvalue weighted by molar-refractivity contribution is -0.142. The Morgan fingerprint density at radius 2 is 1.90 bits per heavy atom. The molecule has 2 aromatic heterocycles. The molecule has 1 aliphatic heterocycles. The van der Waals surface area contributed by atoms with E-state index < -0.39 is 45.2 Å². The molecular weight excluding hydrogens is 548 g/mol. The molecule has 0 bridgehead atoms. The molecule has 3 N–H and O–H groups in total. The number of benzene rings is 1. The van der Waals surface area contributed by atoms with Crippen LogP contribution in [0.5, 0.6) is 0 Å². The monoisotopic (exact) mass is 582 g/mol. The van der Waals surface area contributed by atoms with E-state index in [2.05, 4.69) is 36.2 Å². The van der Waals surface area contributed by atoms with E-state index in [4.69, 9.17) is 0 Å². The van der Waals surface area contributed by atoms with Crippen LogP contribution in [-0.4, -0.2) is 87.6 Å². The first kappa shape index (κ1) is 29.8. The normalized spacial score (nSPS) is 17.5. The van der Waals surface area contributed by atoms with Gasteiger partial charge in [-0.05, 0) is 30.4 Å². The third-order valence-corrected chi connectivity index (χ3v) is 7.39. The zero-order valence-electron chi connectivity index (χ0n) is 23.4. The number of hydrogen-bond donors (Lipinski definition) is 3. The summed E-state index contributed by atoms with van der Waals surface area (Å²) in [5.74, 6) is -1.04. The molecule has 0 unspecified atom stereocenters. The van der Waals surface area contributed by atoms with Crippen molar-refractivity contribution in [3.63, 3.8) is 0 Å². The second-order valence-electron chi connectivity index (χ2n) is 11.2. The van der Waals surface area contributed by atoms with Crippen LogP contribution >= 0.6 is 0 Å². The molecule has 0 aliphatic carbocycles. The van der Waals surface area contributed by atoms with Crippen molar-refractivity contribution < 1.29 is 22.8 Å². The zero-order valence-corrected chi connectivity index (χ0v) is 24.2. The van der Waals surface area contributed by atoms with E-state index in [0.717, 1.165) is 17.1 Å². The van der Waals surface area contributed by atoms with Gasteiger partial charge < -0.3 is 15.5 Å². The Bertz CT molecular complexity index is 1550. The van der Waals surface area contributed by atoms with Crippen molar-refractivity contribution in [1.82, 2.24) is 41.1 Å². The lowest BCUT2D eigenvalue weighted by atomic mass is 9.85. The van der Waals surface area contributed by atoms with Crippen molar-refractivity contribution >= 4 is 38.5 Å². The molecule has 41 heavy (non-hydrogen) atoms. The summed E-state index contributed by atoms with van der Waals surface area (Å²) in [6.45, 7) is 5.85. The van der Waals surface area contributed by atoms with Crippen LogP contribution in [0.15, 0.2) is 47.9 Å². The fourth-order valence-electron chi connectivity index (χ4n) is 4.66. The van der Waals surface area contributed by atoms with E-state index in [0.29, 0.717) is 24.9 Å². The Balaban J connectivity index is 1.51. The minimum atomic E-state index is -3.46. The van der Waals surface area contributed by atoms with Gasteiger partial charge in [0, 0.05) is 30.0 Å². The second kappa shape index (κ2) is 12.1. The number of nitrogens with one attached hydrogen (secondary N) is 3. The zero-order chi connectivity index (χ0) is 29.8. The summed E-state index contributed by atoms with van der Waals surface area (Å²) in [7, 11) is -3.46. The summed E-state index contributed by atoms with van der Waals surface area (Å²) in [5, 5.41) is 21.1. The minimum absolute atomic E-state index is 0.0916. The average Bonchev–Trinajstić information content (AvgIpc) is 3.61. The van der Waals surface area contributed by atoms with E-state index in [1.165, 1.54) is 11.0 Å². The Kier molecular flexibility index (Phi) is 8.80. The number of aromatic nitrogens is 5. The highest BCUT2D eigenvalue weighted by atomic mass is 32.2. The Morgan fingerprint density at radius 1 is 1.15 bits per heavy atom. The van der Waals surface area contributed by atoms with Crippen LogP contribution in [0.2, 0.25) is 0 Å². The van der Waals surface area contributed by atoms with Gasteiger partial charge in [-0.2, -0.15) is 5.21 Å². The number of hydrogen-bond acceptors (Lipinski definition) is 9. The van der Waals surface area contributed by atoms with Gasteiger partial charge in [-0.3, -0.25) is 14.4 Å². The van der Waals surface area contributed by atoms with Crippen molar-refractivity contribution in [2.75, 3.05) is 12.8 Å². The fraction of sp³-hybridized carbons (Fsp3) is 0.444. The number of H-pyrrole nitrogens is 1. The molecule has 0 radical (unpaired) electrons. The van der Waals surface area contributed by atoms with Gasteiger partial charge in [0.05, 0.1) is 11.6 Å².